The van der Waals surface area contributed by atoms with Crippen molar-refractivity contribution < 1.29 is 14.7 Å². The van der Waals surface area contributed by atoms with Crippen LogP contribution in [0.4, 0.5) is 0 Å². The lowest BCUT2D eigenvalue weighted by atomic mass is 10.2. The topological polar surface area (TPSA) is 71.8 Å². The molecule has 1 heterocycles. The lowest BCUT2D eigenvalue weighted by Crippen LogP contribution is -2.11. The van der Waals surface area contributed by atoms with Crippen LogP contribution in [0.15, 0.2) is 23.5 Å². The number of ether oxygens (including phenoxy) is 1. The van der Waals surface area contributed by atoms with E-state index in [-0.39, 0.29) is 6.10 Å². The van der Waals surface area contributed by atoms with Gasteiger partial charge in [-0.2, -0.15) is 0 Å². The molecule has 0 saturated heterocycles. The summed E-state index contributed by atoms with van der Waals surface area (Å²) in [5.74, 6) is -0.412. The Balaban J connectivity index is 2.75. The van der Waals surface area contributed by atoms with Crippen LogP contribution in [0.3, 0.4) is 0 Å². The Bertz CT molecular complexity index is 357. The average Bonchev–Trinajstić information content (AvgIpc) is 2.18. The molecule has 0 amide bonds. The molecule has 0 aliphatic rings. The van der Waals surface area contributed by atoms with E-state index >= 15 is 0 Å². The number of carbonyl (C=O) groups is 1. The summed E-state index contributed by atoms with van der Waals surface area (Å²) in [7, 11) is 0. The lowest BCUT2D eigenvalue weighted by Gasteiger charge is -2.07. The fourth-order valence-corrected chi connectivity index (χ4v) is 0.944. The van der Waals surface area contributed by atoms with Crippen LogP contribution in [0.1, 0.15) is 29.9 Å². The number of esters is 1. The van der Waals surface area contributed by atoms with Gasteiger partial charge < -0.3 is 9.94 Å². The number of pyridine rings is 1. The minimum atomic E-state index is -0.412. The zero-order valence-electron chi connectivity index (χ0n) is 8.54. The molecular formula is C10H12N2O3. The number of hydrogen-bond acceptors (Lipinski definition) is 5. The molecule has 5 heteroatoms. The second-order valence-electron chi connectivity index (χ2n) is 3.17. The van der Waals surface area contributed by atoms with Crippen molar-refractivity contribution in [2.24, 2.45) is 5.16 Å². The maximum absolute atomic E-state index is 11.4. The first kappa shape index (κ1) is 11.2. The summed E-state index contributed by atoms with van der Waals surface area (Å²) in [4.78, 5) is 15.3. The number of aromatic nitrogens is 1. The maximum atomic E-state index is 11.4. The predicted octanol–water partition coefficient (Wildman–Crippen LogP) is 1.45. The van der Waals surface area contributed by atoms with Crippen LogP contribution in [0.5, 0.6) is 0 Å². The second-order valence-corrected chi connectivity index (χ2v) is 3.17. The number of oxime groups is 1. The monoisotopic (exact) mass is 208 g/mol. The van der Waals surface area contributed by atoms with Crippen LogP contribution in [-0.2, 0) is 4.74 Å². The number of rotatable bonds is 3. The molecule has 0 radical (unpaired) electrons. The average molecular weight is 208 g/mol. The Morgan fingerprint density at radius 1 is 1.60 bits per heavy atom. The van der Waals surface area contributed by atoms with Gasteiger partial charge in [-0.05, 0) is 26.0 Å². The summed E-state index contributed by atoms with van der Waals surface area (Å²) in [6.45, 7) is 3.55. The van der Waals surface area contributed by atoms with E-state index in [0.29, 0.717) is 11.3 Å². The van der Waals surface area contributed by atoms with Gasteiger partial charge in [0.05, 0.1) is 23.6 Å². The Kier molecular flexibility index (Phi) is 3.79. The van der Waals surface area contributed by atoms with Crippen LogP contribution >= 0.6 is 0 Å². The molecule has 1 aromatic heterocycles. The van der Waals surface area contributed by atoms with Gasteiger partial charge in [-0.25, -0.2) is 4.79 Å². The first-order chi connectivity index (χ1) is 7.13. The molecule has 0 bridgehead atoms. The van der Waals surface area contributed by atoms with E-state index < -0.39 is 5.97 Å². The largest absolute Gasteiger partial charge is 0.459 e. The van der Waals surface area contributed by atoms with Gasteiger partial charge in [-0.15, -0.1) is 0 Å². The molecule has 0 spiro atoms. The van der Waals surface area contributed by atoms with Crippen molar-refractivity contribution in [2.45, 2.75) is 20.0 Å². The minimum absolute atomic E-state index is 0.156. The molecule has 1 N–H and O–H groups in total. The SMILES string of the molecule is CC(C)OC(=O)c1ccc(/C=N/O)nc1. The Morgan fingerprint density at radius 3 is 2.80 bits per heavy atom. The van der Waals surface area contributed by atoms with Crippen LogP contribution < -0.4 is 0 Å². The highest BCUT2D eigenvalue weighted by Gasteiger charge is 2.08. The summed E-state index contributed by atoms with van der Waals surface area (Å²) in [6, 6.07) is 3.13. The van der Waals surface area contributed by atoms with Gasteiger partial charge in [0, 0.05) is 6.20 Å². The van der Waals surface area contributed by atoms with Gasteiger partial charge in [0.1, 0.15) is 0 Å². The predicted molar refractivity (Wildman–Crippen MR) is 54.2 cm³/mol. The van der Waals surface area contributed by atoms with Crippen molar-refractivity contribution in [3.8, 4) is 0 Å². The molecule has 0 unspecified atom stereocenters. The molecule has 0 aromatic carbocycles. The van der Waals surface area contributed by atoms with Gasteiger partial charge in [-0.3, -0.25) is 4.98 Å². The normalized spacial score (nSPS) is 10.9. The van der Waals surface area contributed by atoms with Crippen molar-refractivity contribution in [3.05, 3.63) is 29.6 Å². The first-order valence-corrected chi connectivity index (χ1v) is 4.48. The molecule has 80 valence electrons. The summed E-state index contributed by atoms with van der Waals surface area (Å²) in [5, 5.41) is 11.1. The van der Waals surface area contributed by atoms with E-state index in [9.17, 15) is 4.79 Å². The Morgan fingerprint density at radius 2 is 2.33 bits per heavy atom. The quantitative estimate of drug-likeness (QED) is 0.353. The molecule has 0 atom stereocenters. The molecule has 0 aliphatic carbocycles. The second kappa shape index (κ2) is 5.09. The van der Waals surface area contributed by atoms with Gasteiger partial charge >= 0.3 is 5.97 Å². The Labute approximate surface area is 87.4 Å². The molecular weight excluding hydrogens is 196 g/mol. The molecule has 1 rings (SSSR count). The van der Waals surface area contributed by atoms with E-state index in [1.165, 1.54) is 12.4 Å². The zero-order valence-corrected chi connectivity index (χ0v) is 8.54. The van der Waals surface area contributed by atoms with E-state index in [2.05, 4.69) is 10.1 Å². The molecule has 1 aromatic rings. The third kappa shape index (κ3) is 3.38. The van der Waals surface area contributed by atoms with E-state index in [4.69, 9.17) is 9.94 Å². The van der Waals surface area contributed by atoms with Gasteiger partial charge in [0.2, 0.25) is 0 Å². The van der Waals surface area contributed by atoms with Crippen LogP contribution in [0.25, 0.3) is 0 Å². The highest BCUT2D eigenvalue weighted by atomic mass is 16.5. The highest BCUT2D eigenvalue weighted by molar-refractivity contribution is 5.89. The number of hydrogen-bond donors (Lipinski definition) is 1. The van der Waals surface area contributed by atoms with Crippen molar-refractivity contribution >= 4 is 12.2 Å². The van der Waals surface area contributed by atoms with E-state index in [1.54, 1.807) is 26.0 Å². The summed E-state index contributed by atoms with van der Waals surface area (Å²) < 4.78 is 4.97. The van der Waals surface area contributed by atoms with Crippen molar-refractivity contribution in [2.75, 3.05) is 0 Å². The van der Waals surface area contributed by atoms with Crippen molar-refractivity contribution in [1.82, 2.24) is 4.98 Å². The number of nitrogens with zero attached hydrogens (tertiary/aromatic N) is 2. The fourth-order valence-electron chi connectivity index (χ4n) is 0.944. The summed E-state index contributed by atoms with van der Waals surface area (Å²) in [5.41, 5.74) is 0.845. The number of carbonyl (C=O) groups excluding carboxylic acids is 1. The highest BCUT2D eigenvalue weighted by Crippen LogP contribution is 2.03. The standard InChI is InChI=1S/C10H12N2O3/c1-7(2)15-10(13)8-3-4-9(6-12-14)11-5-8/h3-7,14H,1-2H3/b12-6+. The zero-order chi connectivity index (χ0) is 11.3. The van der Waals surface area contributed by atoms with E-state index in [1.807, 2.05) is 0 Å². The molecule has 0 saturated carbocycles. The molecule has 0 fully saturated rings. The summed E-state index contributed by atoms with van der Waals surface area (Å²) >= 11 is 0. The lowest BCUT2D eigenvalue weighted by molar-refractivity contribution is 0.0377. The molecule has 0 aliphatic heterocycles. The molecule has 15 heavy (non-hydrogen) atoms. The van der Waals surface area contributed by atoms with Crippen LogP contribution in [0.2, 0.25) is 0 Å². The maximum Gasteiger partial charge on any atom is 0.339 e. The van der Waals surface area contributed by atoms with Crippen molar-refractivity contribution in [3.63, 3.8) is 0 Å². The minimum Gasteiger partial charge on any atom is -0.459 e. The van der Waals surface area contributed by atoms with Gasteiger partial charge in [0.25, 0.3) is 0 Å². The van der Waals surface area contributed by atoms with Crippen LogP contribution in [-0.4, -0.2) is 28.5 Å². The third-order valence-corrected chi connectivity index (χ3v) is 1.55. The third-order valence-electron chi connectivity index (χ3n) is 1.55. The Hall–Kier alpha value is -1.91. The van der Waals surface area contributed by atoms with Crippen LogP contribution in [0, 0.1) is 0 Å². The fraction of sp³-hybridized carbons (Fsp3) is 0.300. The smallest absolute Gasteiger partial charge is 0.339 e. The van der Waals surface area contributed by atoms with Crippen molar-refractivity contribution in [1.29, 1.82) is 0 Å². The van der Waals surface area contributed by atoms with Gasteiger partial charge in [0.15, 0.2) is 0 Å². The summed E-state index contributed by atoms with van der Waals surface area (Å²) in [6.07, 6.45) is 2.40. The van der Waals surface area contributed by atoms with Gasteiger partial charge in [-0.1, -0.05) is 5.16 Å². The molecule has 5 nitrogen and oxygen atoms in total. The van der Waals surface area contributed by atoms with E-state index in [0.717, 1.165) is 0 Å². The first-order valence-electron chi connectivity index (χ1n) is 4.48.